The zero-order valence-corrected chi connectivity index (χ0v) is 13.4. The van der Waals surface area contributed by atoms with Crippen LogP contribution in [-0.2, 0) is 10.0 Å². The summed E-state index contributed by atoms with van der Waals surface area (Å²) in [7, 11) is -3.73. The molecule has 0 spiro atoms. The lowest BCUT2D eigenvalue weighted by Gasteiger charge is -2.12. The molecule has 24 heavy (non-hydrogen) atoms. The van der Waals surface area contributed by atoms with E-state index in [1.165, 1.54) is 26.0 Å². The average Bonchev–Trinajstić information content (AvgIpc) is 2.95. The summed E-state index contributed by atoms with van der Waals surface area (Å²) >= 11 is 0. The van der Waals surface area contributed by atoms with E-state index in [0.717, 1.165) is 18.5 Å². The van der Waals surface area contributed by atoms with Crippen LogP contribution >= 0.6 is 0 Å². The first-order valence-electron chi connectivity index (χ1n) is 6.64. The van der Waals surface area contributed by atoms with Crippen LogP contribution in [0, 0.1) is 11.3 Å². The van der Waals surface area contributed by atoms with Crippen molar-refractivity contribution in [3.8, 4) is 22.9 Å². The van der Waals surface area contributed by atoms with Crippen molar-refractivity contribution in [3.63, 3.8) is 0 Å². The Labute approximate surface area is 136 Å². The van der Waals surface area contributed by atoms with Crippen molar-refractivity contribution in [2.75, 3.05) is 0 Å². The van der Waals surface area contributed by atoms with Crippen molar-refractivity contribution in [1.82, 2.24) is 9.19 Å². The molecule has 2 rings (SSSR count). The Morgan fingerprint density at radius 1 is 1.33 bits per heavy atom. The molecule has 0 N–H and O–H groups in total. The van der Waals surface area contributed by atoms with E-state index >= 15 is 0 Å². The van der Waals surface area contributed by atoms with Crippen molar-refractivity contribution in [2.24, 2.45) is 0 Å². The molecule has 2 aromatic rings. The number of hydrogen-bond acceptors (Lipinski definition) is 5. The molecular weight excluding hydrogens is 347 g/mol. The fraction of sp³-hybridized carbons (Fsp3) is 0.286. The smallest absolute Gasteiger partial charge is 0.405 e. The summed E-state index contributed by atoms with van der Waals surface area (Å²) < 4.78 is 66.4. The SMILES string of the molecule is CC(C)S(=O)(=O)n1cc(-c2ccc(C#N)cc2OC(F)(F)F)cn1. The first-order valence-corrected chi connectivity index (χ1v) is 8.14. The molecule has 0 atom stereocenters. The van der Waals surface area contributed by atoms with Gasteiger partial charge in [0, 0.05) is 11.1 Å². The summed E-state index contributed by atoms with van der Waals surface area (Å²) in [5.41, 5.74) is 0.0553. The molecule has 1 aromatic heterocycles. The van der Waals surface area contributed by atoms with Gasteiger partial charge in [0.15, 0.2) is 0 Å². The number of nitrogens with zero attached hydrogens (tertiary/aromatic N) is 3. The van der Waals surface area contributed by atoms with Gasteiger partial charge >= 0.3 is 6.36 Å². The molecule has 0 amide bonds. The van der Waals surface area contributed by atoms with Crippen LogP contribution in [0.5, 0.6) is 5.75 Å². The second-order valence-electron chi connectivity index (χ2n) is 5.07. The predicted molar refractivity (Wildman–Crippen MR) is 78.5 cm³/mol. The number of ether oxygens (including phenoxy) is 1. The Bertz CT molecular complexity index is 896. The summed E-state index contributed by atoms with van der Waals surface area (Å²) in [5, 5.41) is 11.8. The second-order valence-corrected chi connectivity index (χ2v) is 7.41. The van der Waals surface area contributed by atoms with Gasteiger partial charge in [-0.15, -0.1) is 13.2 Å². The van der Waals surface area contributed by atoms with Crippen LogP contribution in [0.4, 0.5) is 13.2 Å². The van der Waals surface area contributed by atoms with Gasteiger partial charge in [-0.2, -0.15) is 14.4 Å². The molecule has 0 aliphatic heterocycles. The Morgan fingerprint density at radius 3 is 2.54 bits per heavy atom. The van der Waals surface area contributed by atoms with Gasteiger partial charge in [-0.05, 0) is 32.0 Å². The van der Waals surface area contributed by atoms with Gasteiger partial charge in [0.05, 0.1) is 29.3 Å². The van der Waals surface area contributed by atoms with E-state index < -0.39 is 27.4 Å². The van der Waals surface area contributed by atoms with E-state index in [4.69, 9.17) is 5.26 Å². The lowest BCUT2D eigenvalue weighted by Crippen LogP contribution is -2.22. The molecule has 0 saturated carbocycles. The van der Waals surface area contributed by atoms with E-state index in [-0.39, 0.29) is 16.7 Å². The standard InChI is InChI=1S/C14H12F3N3O3S/c1-9(2)24(21,22)20-8-11(7-19-20)12-4-3-10(6-18)5-13(12)23-14(15,16)17/h3-5,7-9H,1-2H3. The third kappa shape index (κ3) is 3.68. The summed E-state index contributed by atoms with van der Waals surface area (Å²) in [6.45, 7) is 2.91. The van der Waals surface area contributed by atoms with Gasteiger partial charge in [0.1, 0.15) is 5.75 Å². The van der Waals surface area contributed by atoms with Crippen molar-refractivity contribution >= 4 is 10.0 Å². The summed E-state index contributed by atoms with van der Waals surface area (Å²) in [6, 6.07) is 5.18. The monoisotopic (exact) mass is 359 g/mol. The van der Waals surface area contributed by atoms with Crippen LogP contribution < -0.4 is 4.74 Å². The highest BCUT2D eigenvalue weighted by molar-refractivity contribution is 7.90. The first kappa shape index (κ1) is 17.8. The zero-order valence-electron chi connectivity index (χ0n) is 12.6. The minimum Gasteiger partial charge on any atom is -0.405 e. The van der Waals surface area contributed by atoms with Crippen LogP contribution in [-0.4, -0.2) is 29.2 Å². The topological polar surface area (TPSA) is 85.0 Å². The Hall–Kier alpha value is -2.54. The van der Waals surface area contributed by atoms with Crippen molar-refractivity contribution in [1.29, 1.82) is 5.26 Å². The molecule has 6 nitrogen and oxygen atoms in total. The number of rotatable bonds is 4. The minimum absolute atomic E-state index is 0.0276. The molecule has 10 heteroatoms. The highest BCUT2D eigenvalue weighted by Crippen LogP contribution is 2.34. The van der Waals surface area contributed by atoms with Crippen molar-refractivity contribution in [2.45, 2.75) is 25.5 Å². The first-order chi connectivity index (χ1) is 11.0. The molecule has 1 heterocycles. The number of halogens is 3. The molecule has 0 fully saturated rings. The highest BCUT2D eigenvalue weighted by Gasteiger charge is 2.32. The number of hydrogen-bond donors (Lipinski definition) is 0. The maximum absolute atomic E-state index is 12.6. The third-order valence-corrected chi connectivity index (χ3v) is 4.98. The Balaban J connectivity index is 2.54. The lowest BCUT2D eigenvalue weighted by atomic mass is 10.1. The molecule has 0 saturated heterocycles. The third-order valence-electron chi connectivity index (χ3n) is 3.06. The van der Waals surface area contributed by atoms with Gasteiger partial charge in [-0.25, -0.2) is 8.42 Å². The maximum atomic E-state index is 12.6. The Morgan fingerprint density at radius 2 is 2.00 bits per heavy atom. The predicted octanol–water partition coefficient (Wildman–Crippen LogP) is 2.91. The van der Waals surface area contributed by atoms with Crippen molar-refractivity contribution in [3.05, 3.63) is 36.2 Å². The van der Waals surface area contributed by atoms with E-state index in [1.807, 2.05) is 0 Å². The fourth-order valence-electron chi connectivity index (χ4n) is 1.84. The number of alkyl halides is 3. The Kier molecular flexibility index (Phi) is 4.57. The highest BCUT2D eigenvalue weighted by atomic mass is 32.2. The van der Waals surface area contributed by atoms with Crippen molar-refractivity contribution < 1.29 is 26.3 Å². The number of aromatic nitrogens is 2. The van der Waals surface area contributed by atoms with E-state index in [2.05, 4.69) is 9.84 Å². The second kappa shape index (κ2) is 6.16. The van der Waals surface area contributed by atoms with Gasteiger partial charge in [-0.3, -0.25) is 0 Å². The fourth-order valence-corrected chi connectivity index (χ4v) is 2.71. The molecule has 0 bridgehead atoms. The van der Waals surface area contributed by atoms with Gasteiger partial charge < -0.3 is 4.74 Å². The normalized spacial score (nSPS) is 12.2. The molecule has 1 aromatic carbocycles. The molecule has 0 aliphatic rings. The average molecular weight is 359 g/mol. The van der Waals surface area contributed by atoms with Gasteiger partial charge in [0.25, 0.3) is 10.0 Å². The van der Waals surface area contributed by atoms with Crippen LogP contribution in [0.15, 0.2) is 30.6 Å². The zero-order chi connectivity index (χ0) is 18.1. The molecule has 0 aliphatic carbocycles. The van der Waals surface area contributed by atoms with Crippen LogP contribution in [0.25, 0.3) is 11.1 Å². The molecular formula is C14H12F3N3O3S. The lowest BCUT2D eigenvalue weighted by molar-refractivity contribution is -0.274. The van der Waals surface area contributed by atoms with Gasteiger partial charge in [0.2, 0.25) is 0 Å². The van der Waals surface area contributed by atoms with E-state index in [1.54, 1.807) is 6.07 Å². The summed E-state index contributed by atoms with van der Waals surface area (Å²) in [5.74, 6) is -0.608. The largest absolute Gasteiger partial charge is 0.573 e. The summed E-state index contributed by atoms with van der Waals surface area (Å²) in [6.07, 6.45) is -2.74. The number of nitriles is 1. The van der Waals surface area contributed by atoms with Crippen LogP contribution in [0.2, 0.25) is 0 Å². The number of benzene rings is 1. The van der Waals surface area contributed by atoms with Crippen LogP contribution in [0.3, 0.4) is 0 Å². The van der Waals surface area contributed by atoms with Crippen LogP contribution in [0.1, 0.15) is 19.4 Å². The minimum atomic E-state index is -4.96. The van der Waals surface area contributed by atoms with E-state index in [0.29, 0.717) is 4.09 Å². The molecule has 0 radical (unpaired) electrons. The quantitative estimate of drug-likeness (QED) is 0.838. The molecule has 0 unspecified atom stereocenters. The van der Waals surface area contributed by atoms with Gasteiger partial charge in [-0.1, -0.05) is 0 Å². The maximum Gasteiger partial charge on any atom is 0.573 e. The molecule has 128 valence electrons. The van der Waals surface area contributed by atoms with E-state index in [9.17, 15) is 21.6 Å². The summed E-state index contributed by atoms with van der Waals surface area (Å²) in [4.78, 5) is 0.